The number of hydrogen-bond donors (Lipinski definition) is 4. The highest BCUT2D eigenvalue weighted by molar-refractivity contribution is 6.08. The van der Waals surface area contributed by atoms with Gasteiger partial charge in [-0.05, 0) is 42.7 Å². The van der Waals surface area contributed by atoms with E-state index in [4.69, 9.17) is 25.8 Å². The van der Waals surface area contributed by atoms with Gasteiger partial charge in [-0.25, -0.2) is 9.97 Å². The molecule has 5 N–H and O–H groups in total. The number of carbonyl (C=O) groups is 2. The Morgan fingerprint density at radius 1 is 1.14 bits per heavy atom. The van der Waals surface area contributed by atoms with Crippen LogP contribution in [-0.2, 0) is 22.6 Å². The summed E-state index contributed by atoms with van der Waals surface area (Å²) in [5, 5.41) is 14.1. The van der Waals surface area contributed by atoms with Crippen LogP contribution in [0.1, 0.15) is 56.4 Å². The fourth-order valence-corrected chi connectivity index (χ4v) is 5.52. The Morgan fingerprint density at radius 3 is 2.60 bits per heavy atom. The number of nitrogens with two attached hydrogens (primary N) is 1. The second kappa shape index (κ2) is 13.5. The summed E-state index contributed by atoms with van der Waals surface area (Å²) in [6, 6.07) is 15.3. The maximum atomic E-state index is 12.9. The number of hydrogen-bond acceptors (Lipinski definition) is 8. The van der Waals surface area contributed by atoms with Crippen molar-refractivity contribution in [2.45, 2.75) is 58.5 Å². The van der Waals surface area contributed by atoms with Gasteiger partial charge in [0.15, 0.2) is 12.4 Å². The summed E-state index contributed by atoms with van der Waals surface area (Å²) in [7, 11) is 0. The molecule has 2 amide bonds. The van der Waals surface area contributed by atoms with Crippen LogP contribution in [0.2, 0.25) is 0 Å². The molecule has 2 heterocycles. The minimum absolute atomic E-state index is 0.0491. The molecule has 1 aliphatic carbocycles. The highest BCUT2D eigenvalue weighted by Crippen LogP contribution is 2.31. The van der Waals surface area contributed by atoms with Gasteiger partial charge in [0.05, 0.1) is 12.2 Å². The Labute approximate surface area is 252 Å². The average molecular weight is 582 g/mol. The SMILES string of the molecule is CC(C)C(=O)N1CCc2nc(-c3cccc(OCC(=O)NC4CCCC4)c3)nc(Nc3ccc(/C(C=N)=C/N)cc3)c2C1. The lowest BCUT2D eigenvalue weighted by atomic mass is 10.0. The fraction of sp³-hybridized carbons (Fsp3) is 0.364. The van der Waals surface area contributed by atoms with E-state index < -0.39 is 0 Å². The van der Waals surface area contributed by atoms with Crippen molar-refractivity contribution in [1.82, 2.24) is 20.2 Å². The Hall–Kier alpha value is -4.73. The van der Waals surface area contributed by atoms with E-state index >= 15 is 0 Å². The number of ether oxygens (including phenoxy) is 1. The van der Waals surface area contributed by atoms with Crippen molar-refractivity contribution < 1.29 is 14.3 Å². The Bertz CT molecular complexity index is 1510. The average Bonchev–Trinajstić information content (AvgIpc) is 3.54. The number of rotatable bonds is 10. The maximum Gasteiger partial charge on any atom is 0.258 e. The normalized spacial score (nSPS) is 15.2. The molecule has 0 radical (unpaired) electrons. The van der Waals surface area contributed by atoms with E-state index in [1.807, 2.05) is 67.3 Å². The predicted molar refractivity (Wildman–Crippen MR) is 168 cm³/mol. The summed E-state index contributed by atoms with van der Waals surface area (Å²) in [5.74, 6) is 1.59. The van der Waals surface area contributed by atoms with E-state index in [2.05, 4.69) is 10.6 Å². The van der Waals surface area contributed by atoms with Gasteiger partial charge in [-0.15, -0.1) is 0 Å². The first-order valence-corrected chi connectivity index (χ1v) is 14.9. The molecule has 1 aromatic heterocycles. The van der Waals surface area contributed by atoms with Crippen LogP contribution in [0.25, 0.3) is 17.0 Å². The second-order valence-corrected chi connectivity index (χ2v) is 11.3. The number of aromatic nitrogens is 2. The third kappa shape index (κ3) is 7.20. The van der Waals surface area contributed by atoms with Crippen LogP contribution in [0.5, 0.6) is 5.75 Å². The Morgan fingerprint density at radius 2 is 1.91 bits per heavy atom. The van der Waals surface area contributed by atoms with Crippen molar-refractivity contribution in [3.05, 3.63) is 71.6 Å². The van der Waals surface area contributed by atoms with Gasteiger partial charge in [-0.3, -0.25) is 9.59 Å². The van der Waals surface area contributed by atoms with Crippen LogP contribution in [0.3, 0.4) is 0 Å². The summed E-state index contributed by atoms with van der Waals surface area (Å²) < 4.78 is 5.83. The van der Waals surface area contributed by atoms with E-state index in [0.717, 1.165) is 53.8 Å². The molecule has 5 rings (SSSR count). The van der Waals surface area contributed by atoms with Crippen LogP contribution in [0.4, 0.5) is 11.5 Å². The quantitative estimate of drug-likeness (QED) is 0.251. The molecule has 43 heavy (non-hydrogen) atoms. The monoisotopic (exact) mass is 581 g/mol. The van der Waals surface area contributed by atoms with Gasteiger partial charge in [0.2, 0.25) is 5.91 Å². The van der Waals surface area contributed by atoms with Gasteiger partial charge in [0.25, 0.3) is 5.91 Å². The molecule has 0 bridgehead atoms. The van der Waals surface area contributed by atoms with Crippen LogP contribution >= 0.6 is 0 Å². The summed E-state index contributed by atoms with van der Waals surface area (Å²) >= 11 is 0. The van der Waals surface area contributed by atoms with Crippen molar-refractivity contribution in [1.29, 1.82) is 5.41 Å². The van der Waals surface area contributed by atoms with Gasteiger partial charge in [-0.1, -0.05) is 51.0 Å². The van der Waals surface area contributed by atoms with Crippen molar-refractivity contribution in [3.8, 4) is 17.1 Å². The van der Waals surface area contributed by atoms with Crippen molar-refractivity contribution >= 4 is 35.1 Å². The number of nitrogens with one attached hydrogen (secondary N) is 3. The van der Waals surface area contributed by atoms with E-state index in [9.17, 15) is 9.59 Å². The third-order valence-electron chi connectivity index (χ3n) is 7.86. The first kappa shape index (κ1) is 29.8. The molecular weight excluding hydrogens is 542 g/mol. The number of amides is 2. The minimum atomic E-state index is -0.116. The molecule has 2 aliphatic rings. The number of carbonyl (C=O) groups excluding carboxylic acids is 2. The van der Waals surface area contributed by atoms with Gasteiger partial charge in [0, 0.05) is 59.7 Å². The molecule has 0 saturated heterocycles. The summed E-state index contributed by atoms with van der Waals surface area (Å²) in [6.07, 6.45) is 7.59. The molecule has 2 aromatic carbocycles. The summed E-state index contributed by atoms with van der Waals surface area (Å²) in [6.45, 7) is 4.77. The predicted octanol–water partition coefficient (Wildman–Crippen LogP) is 4.81. The smallest absolute Gasteiger partial charge is 0.258 e. The third-order valence-corrected chi connectivity index (χ3v) is 7.86. The van der Waals surface area contributed by atoms with Gasteiger partial charge >= 0.3 is 0 Å². The van der Waals surface area contributed by atoms with Gasteiger partial charge < -0.3 is 31.4 Å². The van der Waals surface area contributed by atoms with Crippen LogP contribution < -0.4 is 21.1 Å². The highest BCUT2D eigenvalue weighted by Gasteiger charge is 2.27. The Balaban J connectivity index is 1.41. The van der Waals surface area contributed by atoms with Crippen molar-refractivity contribution in [2.75, 3.05) is 18.5 Å². The first-order valence-electron chi connectivity index (χ1n) is 14.9. The molecule has 1 aliphatic heterocycles. The molecule has 10 nitrogen and oxygen atoms in total. The number of benzene rings is 2. The molecule has 0 spiro atoms. The highest BCUT2D eigenvalue weighted by atomic mass is 16.5. The van der Waals surface area contributed by atoms with E-state index in [0.29, 0.717) is 42.5 Å². The van der Waals surface area contributed by atoms with Crippen LogP contribution in [0, 0.1) is 11.3 Å². The standard InChI is InChI=1S/C33H39N7O3/c1-21(2)33(42)40-15-14-29-28(19-40)32(37-26-12-10-22(11-13-26)24(17-34)18-35)39-31(38-29)23-6-5-9-27(16-23)43-20-30(41)36-25-7-3-4-8-25/h5-6,9-13,16-18,21,25,34H,3-4,7-8,14-15,19-20,35H2,1-2H3,(H,36,41)(H,37,38,39)/b24-18+,34-17?. The fourth-order valence-electron chi connectivity index (χ4n) is 5.52. The number of allylic oxidation sites excluding steroid dienone is 1. The van der Waals surface area contributed by atoms with E-state index in [-0.39, 0.29) is 30.4 Å². The number of fused-ring (bicyclic) bond motifs is 1. The minimum Gasteiger partial charge on any atom is -0.484 e. The van der Waals surface area contributed by atoms with Crippen molar-refractivity contribution in [2.24, 2.45) is 11.7 Å². The lowest BCUT2D eigenvalue weighted by Crippen LogP contribution is -2.39. The zero-order valence-corrected chi connectivity index (χ0v) is 24.7. The lowest BCUT2D eigenvalue weighted by molar-refractivity contribution is -0.135. The molecular formula is C33H39N7O3. The molecule has 0 atom stereocenters. The summed E-state index contributed by atoms with van der Waals surface area (Å²) in [4.78, 5) is 37.0. The number of nitrogens with zero attached hydrogens (tertiary/aromatic N) is 3. The zero-order chi connectivity index (χ0) is 30.3. The Kier molecular flexibility index (Phi) is 9.34. The molecule has 10 heteroatoms. The van der Waals surface area contributed by atoms with Crippen LogP contribution in [0.15, 0.2) is 54.7 Å². The van der Waals surface area contributed by atoms with E-state index in [1.54, 1.807) is 0 Å². The summed E-state index contributed by atoms with van der Waals surface area (Å²) in [5.41, 5.74) is 10.4. The largest absolute Gasteiger partial charge is 0.484 e. The van der Waals surface area contributed by atoms with Crippen LogP contribution in [-0.4, -0.2) is 52.1 Å². The van der Waals surface area contributed by atoms with E-state index in [1.165, 1.54) is 12.4 Å². The van der Waals surface area contributed by atoms with Gasteiger partial charge in [0.1, 0.15) is 11.6 Å². The zero-order valence-electron chi connectivity index (χ0n) is 24.7. The first-order chi connectivity index (χ1) is 20.8. The topological polar surface area (TPSA) is 146 Å². The lowest BCUT2D eigenvalue weighted by Gasteiger charge is -2.31. The second-order valence-electron chi connectivity index (χ2n) is 11.3. The molecule has 3 aromatic rings. The van der Waals surface area contributed by atoms with Crippen molar-refractivity contribution in [3.63, 3.8) is 0 Å². The molecule has 0 unspecified atom stereocenters. The van der Waals surface area contributed by atoms with Gasteiger partial charge in [-0.2, -0.15) is 0 Å². The maximum absolute atomic E-state index is 12.9. The molecule has 1 saturated carbocycles. The molecule has 224 valence electrons. The molecule has 1 fully saturated rings. The number of anilines is 2.